The molecule has 1 aliphatic carbocycles. The molecule has 3 aromatic rings. The lowest BCUT2D eigenvalue weighted by molar-refractivity contribution is -0.660. The van der Waals surface area contributed by atoms with Crippen molar-refractivity contribution in [3.63, 3.8) is 0 Å². The van der Waals surface area contributed by atoms with Crippen molar-refractivity contribution in [2.45, 2.75) is 26.2 Å². The maximum Gasteiger partial charge on any atom is 0.212 e. The minimum atomic E-state index is -0.172. The summed E-state index contributed by atoms with van der Waals surface area (Å²) in [5.74, 6) is -0.133. The van der Waals surface area contributed by atoms with Crippen molar-refractivity contribution < 1.29 is 8.96 Å². The molecule has 0 bridgehead atoms. The topological polar surface area (TPSA) is 3.88 Å². The van der Waals surface area contributed by atoms with Gasteiger partial charge in [-0.15, -0.1) is 0 Å². The van der Waals surface area contributed by atoms with Crippen molar-refractivity contribution in [1.29, 1.82) is 0 Å². The van der Waals surface area contributed by atoms with E-state index in [1.165, 1.54) is 11.1 Å². The van der Waals surface area contributed by atoms with Gasteiger partial charge < -0.3 is 0 Å². The van der Waals surface area contributed by atoms with Crippen LogP contribution in [0.5, 0.6) is 0 Å². The van der Waals surface area contributed by atoms with Crippen molar-refractivity contribution in [2.75, 3.05) is 0 Å². The first-order valence-corrected chi connectivity index (χ1v) is 8.31. The Hall–Kier alpha value is -2.48. The van der Waals surface area contributed by atoms with E-state index in [0.29, 0.717) is 0 Å². The lowest BCUT2D eigenvalue weighted by atomic mass is 9.81. The second kappa shape index (κ2) is 5.01. The van der Waals surface area contributed by atoms with Crippen molar-refractivity contribution in [3.8, 4) is 22.4 Å². The molecule has 0 amide bonds. The minimum Gasteiger partial charge on any atom is -0.206 e. The molecule has 24 heavy (non-hydrogen) atoms. The number of pyridine rings is 1. The largest absolute Gasteiger partial charge is 0.212 e. The second-order valence-electron chi connectivity index (χ2n) is 7.20. The van der Waals surface area contributed by atoms with Gasteiger partial charge in [0.25, 0.3) is 0 Å². The maximum atomic E-state index is 14.6. The molecule has 1 nitrogen and oxygen atoms in total. The molecule has 0 fully saturated rings. The standard InChI is InChI=1S/C22H21FN/c1-14-12-18-16(13-15(14)20-10-5-6-11-24(20)4)21-17(22(18,2)3)8-7-9-19(21)23/h5-13H,1-4H3/q+1. The van der Waals surface area contributed by atoms with Crippen LogP contribution in [0.1, 0.15) is 30.5 Å². The van der Waals surface area contributed by atoms with Crippen LogP contribution in [-0.2, 0) is 12.5 Å². The monoisotopic (exact) mass is 318 g/mol. The number of nitrogens with zero attached hydrogens (tertiary/aromatic N) is 1. The summed E-state index contributed by atoms with van der Waals surface area (Å²) < 4.78 is 16.7. The third-order valence-corrected chi connectivity index (χ3v) is 5.32. The molecular formula is C22H21FN+. The molecule has 0 radical (unpaired) electrons. The fourth-order valence-corrected chi connectivity index (χ4v) is 3.97. The average Bonchev–Trinajstić information content (AvgIpc) is 2.77. The number of hydrogen-bond donors (Lipinski definition) is 0. The van der Waals surface area contributed by atoms with Crippen molar-refractivity contribution >= 4 is 0 Å². The number of aryl methyl sites for hydroxylation is 2. The smallest absolute Gasteiger partial charge is 0.206 e. The van der Waals surface area contributed by atoms with E-state index in [4.69, 9.17) is 0 Å². The fraction of sp³-hybridized carbons (Fsp3) is 0.227. The Kier molecular flexibility index (Phi) is 3.14. The predicted molar refractivity (Wildman–Crippen MR) is 95.3 cm³/mol. The van der Waals surface area contributed by atoms with Crippen LogP contribution in [0.4, 0.5) is 4.39 Å². The molecule has 1 aromatic heterocycles. The molecule has 120 valence electrons. The summed E-state index contributed by atoms with van der Waals surface area (Å²) in [6.07, 6.45) is 2.04. The Balaban J connectivity index is 2.05. The van der Waals surface area contributed by atoms with E-state index < -0.39 is 0 Å². The highest BCUT2D eigenvalue weighted by Crippen LogP contribution is 2.50. The number of benzene rings is 2. The predicted octanol–water partition coefficient (Wildman–Crippen LogP) is 4.93. The summed E-state index contributed by atoms with van der Waals surface area (Å²) in [5.41, 5.74) is 7.42. The second-order valence-corrected chi connectivity index (χ2v) is 7.20. The summed E-state index contributed by atoms with van der Waals surface area (Å²) >= 11 is 0. The quantitative estimate of drug-likeness (QED) is 0.560. The van der Waals surface area contributed by atoms with Crippen LogP contribution in [0.25, 0.3) is 22.4 Å². The van der Waals surface area contributed by atoms with Gasteiger partial charge in [0.05, 0.1) is 0 Å². The molecule has 0 aliphatic heterocycles. The van der Waals surface area contributed by atoms with E-state index >= 15 is 0 Å². The fourth-order valence-electron chi connectivity index (χ4n) is 3.97. The molecule has 4 rings (SSSR count). The van der Waals surface area contributed by atoms with Crippen LogP contribution in [0.3, 0.4) is 0 Å². The zero-order valence-corrected chi connectivity index (χ0v) is 14.5. The number of fused-ring (bicyclic) bond motifs is 3. The lowest BCUT2D eigenvalue weighted by Gasteiger charge is -2.22. The van der Waals surface area contributed by atoms with Gasteiger partial charge >= 0.3 is 0 Å². The Morgan fingerprint density at radius 2 is 1.71 bits per heavy atom. The molecule has 0 atom stereocenters. The first kappa shape index (κ1) is 15.1. The van der Waals surface area contributed by atoms with Crippen molar-refractivity contribution in [3.05, 3.63) is 77.2 Å². The molecule has 2 aromatic carbocycles. The van der Waals surface area contributed by atoms with Gasteiger partial charge in [0.1, 0.15) is 12.9 Å². The molecule has 0 saturated heterocycles. The van der Waals surface area contributed by atoms with E-state index in [-0.39, 0.29) is 11.2 Å². The molecular weight excluding hydrogens is 297 g/mol. The van der Waals surface area contributed by atoms with Crippen LogP contribution in [0.15, 0.2) is 54.7 Å². The normalized spacial score (nSPS) is 14.4. The van der Waals surface area contributed by atoms with Crippen molar-refractivity contribution in [1.82, 2.24) is 0 Å². The molecule has 1 heterocycles. The average molecular weight is 318 g/mol. The van der Waals surface area contributed by atoms with E-state index in [2.05, 4.69) is 49.6 Å². The van der Waals surface area contributed by atoms with E-state index in [1.807, 2.05) is 31.4 Å². The summed E-state index contributed by atoms with van der Waals surface area (Å²) in [5, 5.41) is 0. The minimum absolute atomic E-state index is 0.133. The zero-order valence-electron chi connectivity index (χ0n) is 14.5. The van der Waals surface area contributed by atoms with Crippen LogP contribution >= 0.6 is 0 Å². The molecule has 0 N–H and O–H groups in total. The third-order valence-electron chi connectivity index (χ3n) is 5.32. The van der Waals surface area contributed by atoms with E-state index in [9.17, 15) is 4.39 Å². The van der Waals surface area contributed by atoms with Crippen molar-refractivity contribution in [2.24, 2.45) is 7.05 Å². The molecule has 0 saturated carbocycles. The van der Waals surface area contributed by atoms with E-state index in [0.717, 1.165) is 27.9 Å². The zero-order chi connectivity index (χ0) is 17.1. The Morgan fingerprint density at radius 1 is 0.917 bits per heavy atom. The molecule has 1 aliphatic rings. The van der Waals surface area contributed by atoms with Gasteiger partial charge in [-0.05, 0) is 47.4 Å². The molecule has 2 heteroatoms. The highest BCUT2D eigenvalue weighted by atomic mass is 19.1. The lowest BCUT2D eigenvalue weighted by Crippen LogP contribution is -2.30. The number of rotatable bonds is 1. The highest BCUT2D eigenvalue weighted by molar-refractivity contribution is 5.85. The Bertz CT molecular complexity index is 970. The number of hydrogen-bond acceptors (Lipinski definition) is 0. The van der Waals surface area contributed by atoms with Gasteiger partial charge in [-0.3, -0.25) is 0 Å². The van der Waals surface area contributed by atoms with Gasteiger partial charge in [0.2, 0.25) is 5.69 Å². The first-order valence-electron chi connectivity index (χ1n) is 8.31. The Morgan fingerprint density at radius 3 is 2.46 bits per heavy atom. The van der Waals surface area contributed by atoms with Gasteiger partial charge in [0.15, 0.2) is 6.20 Å². The van der Waals surface area contributed by atoms with Crippen LogP contribution in [-0.4, -0.2) is 0 Å². The van der Waals surface area contributed by atoms with E-state index in [1.54, 1.807) is 6.07 Å². The third kappa shape index (κ3) is 1.96. The van der Waals surface area contributed by atoms with Crippen LogP contribution < -0.4 is 4.57 Å². The first-order chi connectivity index (χ1) is 11.4. The summed E-state index contributed by atoms with van der Waals surface area (Å²) in [6.45, 7) is 6.50. The van der Waals surface area contributed by atoms with Crippen LogP contribution in [0, 0.1) is 12.7 Å². The van der Waals surface area contributed by atoms with Gasteiger partial charge in [-0.25, -0.2) is 8.96 Å². The Labute approximate surface area is 142 Å². The highest BCUT2D eigenvalue weighted by Gasteiger charge is 2.37. The summed E-state index contributed by atoms with van der Waals surface area (Å²) in [7, 11) is 2.04. The SMILES string of the molecule is Cc1cc2c(cc1-c1cccc[n+]1C)-c1c(F)cccc1C2(C)C. The number of aromatic nitrogens is 1. The maximum absolute atomic E-state index is 14.6. The number of halogens is 1. The van der Waals surface area contributed by atoms with Gasteiger partial charge in [-0.2, -0.15) is 0 Å². The summed E-state index contributed by atoms with van der Waals surface area (Å²) in [6, 6.07) is 16.0. The molecule has 0 spiro atoms. The molecule has 0 unspecified atom stereocenters. The van der Waals surface area contributed by atoms with Gasteiger partial charge in [0, 0.05) is 28.7 Å². The van der Waals surface area contributed by atoms with Gasteiger partial charge in [-0.1, -0.05) is 32.0 Å². The van der Waals surface area contributed by atoms with Crippen LogP contribution in [0.2, 0.25) is 0 Å². The summed E-state index contributed by atoms with van der Waals surface area (Å²) in [4.78, 5) is 0.